The second-order valence-corrected chi connectivity index (χ2v) is 5.55. The number of ether oxygens (including phenoxy) is 2. The molecule has 0 atom stereocenters. The summed E-state index contributed by atoms with van der Waals surface area (Å²) in [6.07, 6.45) is 1.57. The lowest BCUT2D eigenvalue weighted by Crippen LogP contribution is -2.31. The molecule has 0 N–H and O–H groups in total. The fourth-order valence-electron chi connectivity index (χ4n) is 2.96. The van der Waals surface area contributed by atoms with Gasteiger partial charge >= 0.3 is 11.9 Å². The molecule has 2 aromatic rings. The monoisotopic (exact) mass is 310 g/mol. The molecule has 0 fully saturated rings. The normalized spacial score (nSPS) is 13.7. The van der Waals surface area contributed by atoms with Gasteiger partial charge in [0.05, 0.1) is 11.1 Å². The van der Waals surface area contributed by atoms with Gasteiger partial charge in [-0.3, -0.25) is 0 Å². The van der Waals surface area contributed by atoms with E-state index < -0.39 is 17.5 Å². The van der Waals surface area contributed by atoms with Crippen LogP contribution in [0.25, 0.3) is 0 Å². The molecular weight excluding hydrogens is 292 g/mol. The second kappa shape index (κ2) is 5.88. The van der Waals surface area contributed by atoms with Crippen molar-refractivity contribution < 1.29 is 19.1 Å². The Morgan fingerprint density at radius 2 is 1.57 bits per heavy atom. The summed E-state index contributed by atoms with van der Waals surface area (Å²) >= 11 is 0. The zero-order valence-corrected chi connectivity index (χ0v) is 13.2. The van der Waals surface area contributed by atoms with Crippen LogP contribution in [-0.2, 0) is 10.3 Å². The van der Waals surface area contributed by atoms with E-state index in [4.69, 9.17) is 4.74 Å². The van der Waals surface area contributed by atoms with Gasteiger partial charge in [-0.05, 0) is 36.6 Å². The number of cyclic esters (lactones) is 2. The third-order valence-corrected chi connectivity index (χ3v) is 4.37. The third-order valence-electron chi connectivity index (χ3n) is 4.37. The van der Waals surface area contributed by atoms with Crippen LogP contribution in [0.15, 0.2) is 48.5 Å². The van der Waals surface area contributed by atoms with Gasteiger partial charge in [-0.15, -0.1) is 0 Å². The summed E-state index contributed by atoms with van der Waals surface area (Å²) in [5.41, 5.74) is 1.17. The van der Waals surface area contributed by atoms with Crippen LogP contribution in [0.5, 0.6) is 5.75 Å². The molecular formula is C19H18O4. The minimum Gasteiger partial charge on any atom is -0.483 e. The van der Waals surface area contributed by atoms with Gasteiger partial charge in [-0.1, -0.05) is 44.2 Å². The Labute approximate surface area is 135 Å². The van der Waals surface area contributed by atoms with Crippen molar-refractivity contribution in [3.8, 4) is 5.75 Å². The Kier molecular flexibility index (Phi) is 3.90. The fraction of sp³-hybridized carbons (Fsp3) is 0.263. The standard InChI is InChI=1S/C19H18O4/c1-3-19(4-2,13-8-6-5-7-9-13)23-14-10-11-15-16(12-14)18(21)22-17(15)20/h5-12H,3-4H2,1-2H3. The maximum absolute atomic E-state index is 11.7. The third kappa shape index (κ3) is 2.61. The van der Waals surface area contributed by atoms with Crippen LogP contribution in [0.3, 0.4) is 0 Å². The van der Waals surface area contributed by atoms with Gasteiger partial charge in [0.2, 0.25) is 0 Å². The van der Waals surface area contributed by atoms with Crippen LogP contribution in [-0.4, -0.2) is 11.9 Å². The first-order chi connectivity index (χ1) is 11.1. The molecule has 2 aromatic carbocycles. The smallest absolute Gasteiger partial charge is 0.347 e. The van der Waals surface area contributed by atoms with Gasteiger partial charge < -0.3 is 9.47 Å². The predicted molar refractivity (Wildman–Crippen MR) is 85.5 cm³/mol. The number of hydrogen-bond acceptors (Lipinski definition) is 4. The van der Waals surface area contributed by atoms with Crippen LogP contribution in [0.1, 0.15) is 53.0 Å². The summed E-state index contributed by atoms with van der Waals surface area (Å²) in [4.78, 5) is 23.2. The van der Waals surface area contributed by atoms with E-state index in [-0.39, 0.29) is 5.56 Å². The van der Waals surface area contributed by atoms with Gasteiger partial charge in [-0.25, -0.2) is 9.59 Å². The lowest BCUT2D eigenvalue weighted by Gasteiger charge is -2.33. The minimum atomic E-state index is -0.617. The van der Waals surface area contributed by atoms with E-state index in [1.54, 1.807) is 18.2 Å². The molecule has 0 radical (unpaired) electrons. The highest BCUT2D eigenvalue weighted by molar-refractivity contribution is 6.14. The Morgan fingerprint density at radius 1 is 0.913 bits per heavy atom. The SMILES string of the molecule is CCC(CC)(Oc1ccc2c(c1)C(=O)OC2=O)c1ccccc1. The van der Waals surface area contributed by atoms with Crippen molar-refractivity contribution in [2.24, 2.45) is 0 Å². The molecule has 4 nitrogen and oxygen atoms in total. The van der Waals surface area contributed by atoms with Crippen molar-refractivity contribution in [3.63, 3.8) is 0 Å². The van der Waals surface area contributed by atoms with Gasteiger partial charge in [0.25, 0.3) is 0 Å². The van der Waals surface area contributed by atoms with Crippen LogP contribution >= 0.6 is 0 Å². The quantitative estimate of drug-likeness (QED) is 0.616. The van der Waals surface area contributed by atoms with Crippen molar-refractivity contribution in [1.82, 2.24) is 0 Å². The van der Waals surface area contributed by atoms with E-state index in [9.17, 15) is 9.59 Å². The van der Waals surface area contributed by atoms with E-state index in [0.29, 0.717) is 11.3 Å². The Bertz CT molecular complexity index is 745. The molecule has 0 spiro atoms. The van der Waals surface area contributed by atoms with E-state index in [2.05, 4.69) is 18.6 Å². The van der Waals surface area contributed by atoms with Gasteiger partial charge in [-0.2, -0.15) is 0 Å². The van der Waals surface area contributed by atoms with Gasteiger partial charge in [0.1, 0.15) is 11.4 Å². The molecule has 0 saturated heterocycles. The van der Waals surface area contributed by atoms with Crippen LogP contribution in [0.4, 0.5) is 0 Å². The van der Waals surface area contributed by atoms with Crippen molar-refractivity contribution >= 4 is 11.9 Å². The summed E-state index contributed by atoms with van der Waals surface area (Å²) in [5, 5.41) is 0. The Morgan fingerprint density at radius 3 is 2.22 bits per heavy atom. The average molecular weight is 310 g/mol. The van der Waals surface area contributed by atoms with E-state index in [1.165, 1.54) is 0 Å². The highest BCUT2D eigenvalue weighted by Crippen LogP contribution is 2.36. The maximum atomic E-state index is 11.7. The average Bonchev–Trinajstić information content (AvgIpc) is 2.87. The van der Waals surface area contributed by atoms with E-state index >= 15 is 0 Å². The summed E-state index contributed by atoms with van der Waals surface area (Å²) < 4.78 is 10.9. The zero-order chi connectivity index (χ0) is 16.4. The number of hydrogen-bond donors (Lipinski definition) is 0. The summed E-state index contributed by atoms with van der Waals surface area (Å²) in [6, 6.07) is 14.9. The largest absolute Gasteiger partial charge is 0.483 e. The van der Waals surface area contributed by atoms with Gasteiger partial charge in [0.15, 0.2) is 0 Å². The number of benzene rings is 2. The lowest BCUT2D eigenvalue weighted by molar-refractivity contribution is 0.0441. The molecule has 0 unspecified atom stereocenters. The molecule has 118 valence electrons. The van der Waals surface area contributed by atoms with Crippen LogP contribution in [0, 0.1) is 0 Å². The molecule has 0 amide bonds. The van der Waals surface area contributed by atoms with Crippen LogP contribution < -0.4 is 4.74 Å². The fourth-order valence-corrected chi connectivity index (χ4v) is 2.96. The minimum absolute atomic E-state index is 0.265. The van der Waals surface area contributed by atoms with Crippen LogP contribution in [0.2, 0.25) is 0 Å². The summed E-state index contributed by atoms with van der Waals surface area (Å²) in [5.74, 6) is -0.659. The number of rotatable bonds is 5. The Balaban J connectivity index is 1.98. The van der Waals surface area contributed by atoms with Gasteiger partial charge in [0, 0.05) is 0 Å². The molecule has 1 aliphatic rings. The van der Waals surface area contributed by atoms with E-state index in [0.717, 1.165) is 18.4 Å². The molecule has 4 heteroatoms. The topological polar surface area (TPSA) is 52.6 Å². The lowest BCUT2D eigenvalue weighted by atomic mass is 9.88. The van der Waals surface area contributed by atoms with E-state index in [1.807, 2.05) is 30.3 Å². The number of carbonyl (C=O) groups is 2. The number of fused-ring (bicyclic) bond motifs is 1. The molecule has 0 aromatic heterocycles. The molecule has 0 saturated carbocycles. The first-order valence-electron chi connectivity index (χ1n) is 7.74. The first-order valence-corrected chi connectivity index (χ1v) is 7.74. The molecule has 3 rings (SSSR count). The Hall–Kier alpha value is -2.62. The maximum Gasteiger partial charge on any atom is 0.347 e. The second-order valence-electron chi connectivity index (χ2n) is 5.55. The molecule has 0 aliphatic carbocycles. The summed E-state index contributed by atoms with van der Waals surface area (Å²) in [6.45, 7) is 4.14. The van der Waals surface area contributed by atoms with Crippen molar-refractivity contribution in [2.75, 3.05) is 0 Å². The molecule has 1 heterocycles. The predicted octanol–water partition coefficient (Wildman–Crippen LogP) is 4.09. The first kappa shape index (κ1) is 15.3. The summed E-state index contributed by atoms with van der Waals surface area (Å²) in [7, 11) is 0. The van der Waals surface area contributed by atoms with Crippen molar-refractivity contribution in [1.29, 1.82) is 0 Å². The molecule has 23 heavy (non-hydrogen) atoms. The van der Waals surface area contributed by atoms with Crippen molar-refractivity contribution in [2.45, 2.75) is 32.3 Å². The highest BCUT2D eigenvalue weighted by Gasteiger charge is 2.33. The number of esters is 2. The molecule has 0 bridgehead atoms. The molecule has 1 aliphatic heterocycles. The highest BCUT2D eigenvalue weighted by atomic mass is 16.6. The zero-order valence-electron chi connectivity index (χ0n) is 13.2. The van der Waals surface area contributed by atoms with Crippen molar-refractivity contribution in [3.05, 3.63) is 65.2 Å². The number of carbonyl (C=O) groups excluding carboxylic acids is 2.